The number of rotatable bonds is 4. The van der Waals surface area contributed by atoms with Gasteiger partial charge in [0.05, 0.1) is 10.0 Å². The molecule has 0 bridgehead atoms. The molecule has 146 valence electrons. The number of alkyl halides is 3. The van der Waals surface area contributed by atoms with Crippen LogP contribution in [0.3, 0.4) is 0 Å². The van der Waals surface area contributed by atoms with E-state index < -0.39 is 3.79 Å². The van der Waals surface area contributed by atoms with Crippen molar-refractivity contribution < 1.29 is 0 Å². The van der Waals surface area contributed by atoms with Gasteiger partial charge in [-0.2, -0.15) is 9.97 Å². The number of hydrogen-bond acceptors (Lipinski definition) is 5. The van der Waals surface area contributed by atoms with Crippen LogP contribution in [0.15, 0.2) is 18.2 Å². The Morgan fingerprint density at radius 1 is 1.15 bits per heavy atom. The number of nitrogens with one attached hydrogen (secondary N) is 1. The van der Waals surface area contributed by atoms with E-state index in [1.54, 1.807) is 18.2 Å². The molecule has 1 aliphatic rings. The van der Waals surface area contributed by atoms with E-state index in [9.17, 15) is 0 Å². The van der Waals surface area contributed by atoms with Crippen LogP contribution in [-0.4, -0.2) is 45.5 Å². The third-order valence-corrected chi connectivity index (χ3v) is 5.60. The van der Waals surface area contributed by atoms with Crippen LogP contribution in [0, 0.1) is 0 Å². The summed E-state index contributed by atoms with van der Waals surface area (Å²) in [7, 11) is 0. The second-order valence-electron chi connectivity index (χ2n) is 6.31. The Bertz CT molecular complexity index is 811. The first-order chi connectivity index (χ1) is 12.8. The van der Waals surface area contributed by atoms with Gasteiger partial charge in [-0.05, 0) is 44.1 Å². The lowest BCUT2D eigenvalue weighted by Gasteiger charge is -2.32. The third kappa shape index (κ3) is 5.49. The van der Waals surface area contributed by atoms with Gasteiger partial charge in [-0.3, -0.25) is 0 Å². The molecular weight excluding hydrogens is 451 g/mol. The van der Waals surface area contributed by atoms with Crippen molar-refractivity contribution in [3.05, 3.63) is 34.1 Å². The minimum atomic E-state index is -1.77. The Labute approximate surface area is 183 Å². The van der Waals surface area contributed by atoms with Crippen LogP contribution in [0.4, 0.5) is 5.95 Å². The topological polar surface area (TPSA) is 53.9 Å². The van der Waals surface area contributed by atoms with Crippen molar-refractivity contribution in [1.82, 2.24) is 19.9 Å². The van der Waals surface area contributed by atoms with E-state index >= 15 is 0 Å². The van der Waals surface area contributed by atoms with Gasteiger partial charge in [-0.1, -0.05) is 64.9 Å². The standard InChI is InChI=1S/C17H18Cl5N5/c1-2-27-7-3-4-11(9-27)23-16-25-14(24-15(26-16)17(20,21)22)10-5-6-12(18)13(19)8-10/h5-6,8,11H,2-4,7,9H2,1H3,(H,23,24,25,26). The molecule has 2 heterocycles. The van der Waals surface area contributed by atoms with E-state index in [0.717, 1.165) is 32.5 Å². The summed E-state index contributed by atoms with van der Waals surface area (Å²) in [6.45, 7) is 5.16. The van der Waals surface area contributed by atoms with Gasteiger partial charge < -0.3 is 10.2 Å². The van der Waals surface area contributed by atoms with Gasteiger partial charge in [0.1, 0.15) is 0 Å². The molecule has 0 saturated carbocycles. The van der Waals surface area contributed by atoms with Crippen molar-refractivity contribution in [1.29, 1.82) is 0 Å². The fraction of sp³-hybridized carbons (Fsp3) is 0.471. The Morgan fingerprint density at radius 3 is 2.59 bits per heavy atom. The number of anilines is 1. The zero-order valence-corrected chi connectivity index (χ0v) is 18.3. The summed E-state index contributed by atoms with van der Waals surface area (Å²) in [5.41, 5.74) is 0.657. The van der Waals surface area contributed by atoms with Crippen LogP contribution < -0.4 is 5.32 Å². The number of benzene rings is 1. The SMILES string of the molecule is CCN1CCCC(Nc2nc(-c3ccc(Cl)c(Cl)c3)nc(C(Cl)(Cl)Cl)n2)C1. The molecule has 1 aromatic carbocycles. The van der Waals surface area contributed by atoms with Gasteiger partial charge >= 0.3 is 0 Å². The Kier molecular flexibility index (Phi) is 6.93. The second-order valence-corrected chi connectivity index (χ2v) is 9.41. The van der Waals surface area contributed by atoms with Crippen molar-refractivity contribution in [3.8, 4) is 11.4 Å². The zero-order chi connectivity index (χ0) is 19.6. The van der Waals surface area contributed by atoms with Crippen molar-refractivity contribution >= 4 is 64.0 Å². The lowest BCUT2D eigenvalue weighted by Crippen LogP contribution is -2.42. The number of halogens is 5. The number of hydrogen-bond donors (Lipinski definition) is 1. The quantitative estimate of drug-likeness (QED) is 0.594. The minimum Gasteiger partial charge on any atom is -0.350 e. The number of piperidine rings is 1. The van der Waals surface area contributed by atoms with Gasteiger partial charge in [0.25, 0.3) is 0 Å². The number of likely N-dealkylation sites (tertiary alicyclic amines) is 1. The minimum absolute atomic E-state index is 0.0502. The van der Waals surface area contributed by atoms with E-state index in [2.05, 4.69) is 32.1 Å². The molecule has 0 aliphatic carbocycles. The fourth-order valence-corrected chi connectivity index (χ4v) is 3.53. The van der Waals surface area contributed by atoms with Crippen molar-refractivity contribution in [3.63, 3.8) is 0 Å². The molecule has 0 spiro atoms. The Hall–Kier alpha value is -0.560. The van der Waals surface area contributed by atoms with Crippen LogP contribution >= 0.6 is 58.0 Å². The first kappa shape index (κ1) is 21.2. The number of aromatic nitrogens is 3. The fourth-order valence-electron chi connectivity index (χ4n) is 2.97. The molecule has 1 fully saturated rings. The smallest absolute Gasteiger partial charge is 0.250 e. The maximum Gasteiger partial charge on any atom is 0.250 e. The summed E-state index contributed by atoms with van der Waals surface area (Å²) in [5.74, 6) is 0.778. The molecule has 3 rings (SSSR count). The van der Waals surface area contributed by atoms with Crippen molar-refractivity contribution in [2.24, 2.45) is 0 Å². The van der Waals surface area contributed by atoms with E-state index in [1.165, 1.54) is 0 Å². The normalized spacial score (nSPS) is 18.5. The molecule has 1 aromatic heterocycles. The summed E-state index contributed by atoms with van der Waals surface area (Å²) < 4.78 is -1.77. The van der Waals surface area contributed by atoms with E-state index in [-0.39, 0.29) is 11.9 Å². The summed E-state index contributed by atoms with van der Waals surface area (Å²) in [4.78, 5) is 15.5. The summed E-state index contributed by atoms with van der Waals surface area (Å²) in [5, 5.41) is 4.19. The number of likely N-dealkylation sites (N-methyl/N-ethyl adjacent to an activating group) is 1. The average Bonchev–Trinajstić information content (AvgIpc) is 2.63. The van der Waals surface area contributed by atoms with Gasteiger partial charge in [0, 0.05) is 18.2 Å². The van der Waals surface area contributed by atoms with E-state index in [4.69, 9.17) is 58.0 Å². The molecule has 10 heteroatoms. The Morgan fingerprint density at radius 2 is 1.93 bits per heavy atom. The van der Waals surface area contributed by atoms with Crippen LogP contribution in [0.5, 0.6) is 0 Å². The largest absolute Gasteiger partial charge is 0.350 e. The molecule has 1 N–H and O–H groups in total. The van der Waals surface area contributed by atoms with Crippen LogP contribution in [0.2, 0.25) is 10.0 Å². The first-order valence-electron chi connectivity index (χ1n) is 8.54. The Balaban J connectivity index is 1.94. The maximum absolute atomic E-state index is 6.12. The van der Waals surface area contributed by atoms with Crippen LogP contribution in [-0.2, 0) is 3.79 Å². The predicted molar refractivity (Wildman–Crippen MR) is 113 cm³/mol. The summed E-state index contributed by atoms with van der Waals surface area (Å²) >= 11 is 30.2. The zero-order valence-electron chi connectivity index (χ0n) is 14.5. The highest BCUT2D eigenvalue weighted by atomic mass is 35.6. The highest BCUT2D eigenvalue weighted by molar-refractivity contribution is 6.66. The number of nitrogens with zero attached hydrogens (tertiary/aromatic N) is 4. The molecule has 5 nitrogen and oxygen atoms in total. The molecule has 2 aromatic rings. The maximum atomic E-state index is 6.12. The van der Waals surface area contributed by atoms with Gasteiger partial charge in [-0.25, -0.2) is 4.98 Å². The lowest BCUT2D eigenvalue weighted by atomic mass is 10.1. The van der Waals surface area contributed by atoms with E-state index in [1.807, 2.05) is 0 Å². The first-order valence-corrected chi connectivity index (χ1v) is 10.4. The van der Waals surface area contributed by atoms with Crippen LogP contribution in [0.25, 0.3) is 11.4 Å². The highest BCUT2D eigenvalue weighted by Crippen LogP contribution is 2.37. The van der Waals surface area contributed by atoms with Gasteiger partial charge in [0.15, 0.2) is 11.6 Å². The molecule has 1 saturated heterocycles. The molecule has 1 aliphatic heterocycles. The van der Waals surface area contributed by atoms with Crippen LogP contribution in [0.1, 0.15) is 25.6 Å². The van der Waals surface area contributed by atoms with Gasteiger partial charge in [-0.15, -0.1) is 0 Å². The highest BCUT2D eigenvalue weighted by Gasteiger charge is 2.29. The van der Waals surface area contributed by atoms with Gasteiger partial charge in [0.2, 0.25) is 9.74 Å². The van der Waals surface area contributed by atoms with Crippen molar-refractivity contribution in [2.45, 2.75) is 29.6 Å². The third-order valence-electron chi connectivity index (χ3n) is 4.35. The predicted octanol–water partition coefficient (Wildman–Crippen LogP) is 5.57. The monoisotopic (exact) mass is 467 g/mol. The summed E-state index contributed by atoms with van der Waals surface area (Å²) in [6.07, 6.45) is 2.13. The molecular formula is C17H18Cl5N5. The summed E-state index contributed by atoms with van der Waals surface area (Å²) in [6, 6.07) is 5.32. The lowest BCUT2D eigenvalue weighted by molar-refractivity contribution is 0.226. The molecule has 0 radical (unpaired) electrons. The van der Waals surface area contributed by atoms with E-state index in [0.29, 0.717) is 27.4 Å². The molecule has 0 amide bonds. The average molecular weight is 470 g/mol. The molecule has 1 unspecified atom stereocenters. The van der Waals surface area contributed by atoms with Crippen molar-refractivity contribution in [2.75, 3.05) is 25.0 Å². The second kappa shape index (κ2) is 8.85. The molecule has 27 heavy (non-hydrogen) atoms. The molecule has 1 atom stereocenters.